The molecular weight excluding hydrogens is 1080 g/mol. The van der Waals surface area contributed by atoms with Gasteiger partial charge in [0, 0.05) is 69.9 Å². The molecule has 0 fully saturated rings. The van der Waals surface area contributed by atoms with E-state index in [0.29, 0.717) is 47.0 Å². The van der Waals surface area contributed by atoms with Gasteiger partial charge in [-0.2, -0.15) is 0 Å². The number of benzene rings is 2. The fourth-order valence-electron chi connectivity index (χ4n) is 8.95. The van der Waals surface area contributed by atoms with E-state index < -0.39 is 70.4 Å². The number of nitrogens with zero attached hydrogens (tertiary/aromatic N) is 6. The van der Waals surface area contributed by atoms with Crippen LogP contribution in [0.1, 0.15) is 152 Å². The lowest BCUT2D eigenvalue weighted by Gasteiger charge is -2.24. The number of imidazole rings is 2. The molecule has 446 valence electrons. The third-order valence-electron chi connectivity index (χ3n) is 12.6. The van der Waals surface area contributed by atoms with Crippen molar-refractivity contribution in [2.75, 3.05) is 32.1 Å². The number of allylic oxidation sites excluding steroid dienone is 2. The van der Waals surface area contributed by atoms with E-state index in [0.717, 1.165) is 0 Å². The number of carbonyl (C=O) groups is 8. The number of rotatable bonds is 28. The standard InChI is InChI=1S/C57H74N12O14/c1-12-35-48(80-30(3)62-35)41(71)28-44-64-37-23-34(51(60)74)27-43(79-22-16-19-61-52(75)32(17-18-45(72)82-56(5,6)7)25-40(70)39(29-58)66-55(77)83-57(8,9)10)47(37)68(44)20-14-15-21-69-46-38(24-33(50(59)73)26-42(46)78-11)65-54(69)67-53(76)49-36(13-2)63-31(4)81-49/h14-15,23-24,26-27,32,39H,12-13,16-22,25,28-29,58H2,1-11H3,(H2,59,73)(H2,60,74)(H,61,75)(H,66,77)(H,65,67,76)/b15-14+/t32-,39+/m0/s1. The number of hydrogen-bond donors (Lipinski definition) is 6. The Morgan fingerprint density at radius 1 is 0.747 bits per heavy atom. The Morgan fingerprint density at radius 3 is 1.89 bits per heavy atom. The van der Waals surface area contributed by atoms with Gasteiger partial charge < -0.3 is 64.8 Å². The molecule has 26 nitrogen and oxygen atoms in total. The Bertz CT molecular complexity index is 3440. The zero-order valence-electron chi connectivity index (χ0n) is 48.7. The minimum atomic E-state index is -1.18. The largest absolute Gasteiger partial charge is 0.494 e. The van der Waals surface area contributed by atoms with E-state index in [-0.39, 0.29) is 122 Å². The van der Waals surface area contributed by atoms with Crippen LogP contribution in [0, 0.1) is 19.8 Å². The van der Waals surface area contributed by atoms with Crippen LogP contribution in [-0.4, -0.2) is 120 Å². The number of hydrogen-bond acceptors (Lipinski definition) is 19. The number of aromatic nitrogens is 6. The lowest BCUT2D eigenvalue weighted by Crippen LogP contribution is -2.48. The predicted molar refractivity (Wildman–Crippen MR) is 303 cm³/mol. The molecule has 0 bridgehead atoms. The van der Waals surface area contributed by atoms with Gasteiger partial charge in [0.2, 0.25) is 35.2 Å². The van der Waals surface area contributed by atoms with Crippen molar-refractivity contribution < 1.29 is 66.1 Å². The van der Waals surface area contributed by atoms with Crippen molar-refractivity contribution in [2.24, 2.45) is 23.1 Å². The molecule has 4 aromatic heterocycles. The molecule has 0 radical (unpaired) electrons. The van der Waals surface area contributed by atoms with Crippen molar-refractivity contribution in [3.8, 4) is 11.5 Å². The van der Waals surface area contributed by atoms with Gasteiger partial charge in [0.25, 0.3) is 5.91 Å². The number of amides is 5. The average molecular weight is 1150 g/mol. The first-order chi connectivity index (χ1) is 39.1. The second-order valence-electron chi connectivity index (χ2n) is 21.5. The van der Waals surface area contributed by atoms with Gasteiger partial charge in [0.15, 0.2) is 23.3 Å². The first-order valence-electron chi connectivity index (χ1n) is 27.1. The molecule has 0 aliphatic rings. The Morgan fingerprint density at radius 2 is 1.31 bits per heavy atom. The molecule has 6 rings (SSSR count). The number of oxazole rings is 2. The molecule has 0 unspecified atom stereocenters. The maximum Gasteiger partial charge on any atom is 0.408 e. The van der Waals surface area contributed by atoms with Gasteiger partial charge in [-0.3, -0.25) is 38.9 Å². The molecule has 2 atom stereocenters. The van der Waals surface area contributed by atoms with Crippen molar-refractivity contribution >= 4 is 75.3 Å². The maximum absolute atomic E-state index is 14.1. The first-order valence-corrected chi connectivity index (χ1v) is 27.1. The number of aryl methyl sites for hydroxylation is 4. The highest BCUT2D eigenvalue weighted by atomic mass is 16.6. The molecule has 0 saturated heterocycles. The molecule has 6 aromatic rings. The van der Waals surface area contributed by atoms with E-state index in [1.165, 1.54) is 31.4 Å². The van der Waals surface area contributed by atoms with Crippen molar-refractivity contribution in [2.45, 2.75) is 145 Å². The van der Waals surface area contributed by atoms with Crippen LogP contribution >= 0.6 is 0 Å². The smallest absolute Gasteiger partial charge is 0.408 e. The Hall–Kier alpha value is -8.94. The van der Waals surface area contributed by atoms with Crippen molar-refractivity contribution in [3.63, 3.8) is 0 Å². The molecule has 0 spiro atoms. The van der Waals surface area contributed by atoms with E-state index in [2.05, 4.69) is 30.9 Å². The van der Waals surface area contributed by atoms with Crippen LogP contribution in [0.5, 0.6) is 11.5 Å². The Labute approximate surface area is 479 Å². The molecule has 9 N–H and O–H groups in total. The summed E-state index contributed by atoms with van der Waals surface area (Å²) in [6.07, 6.45) is 2.82. The number of fused-ring (bicyclic) bond motifs is 2. The quantitative estimate of drug-likeness (QED) is 0.0149. The summed E-state index contributed by atoms with van der Waals surface area (Å²) < 4.78 is 37.6. The summed E-state index contributed by atoms with van der Waals surface area (Å²) >= 11 is 0. The van der Waals surface area contributed by atoms with E-state index in [1.54, 1.807) is 76.7 Å². The number of carbonyl (C=O) groups excluding carboxylic acids is 8. The Kier molecular flexibility index (Phi) is 20.7. The number of Topliss-reactive ketones (excluding diaryl/α,β-unsaturated/α-hetero) is 2. The van der Waals surface area contributed by atoms with Crippen LogP contribution in [0.2, 0.25) is 0 Å². The van der Waals surface area contributed by atoms with Crippen LogP contribution in [0.4, 0.5) is 10.7 Å². The van der Waals surface area contributed by atoms with Crippen LogP contribution < -0.4 is 42.6 Å². The van der Waals surface area contributed by atoms with Crippen LogP contribution in [0.15, 0.2) is 45.3 Å². The number of methoxy groups -OCH3 is 1. The number of alkyl carbamates (subject to hydrolysis) is 1. The van der Waals surface area contributed by atoms with Gasteiger partial charge in [-0.1, -0.05) is 26.0 Å². The number of nitrogens with two attached hydrogens (primary N) is 3. The highest BCUT2D eigenvalue weighted by Gasteiger charge is 2.31. The molecule has 0 aliphatic heterocycles. The normalized spacial score (nSPS) is 12.5. The highest BCUT2D eigenvalue weighted by Crippen LogP contribution is 2.33. The fraction of sp³-hybridized carbons (Fsp3) is 0.474. The summed E-state index contributed by atoms with van der Waals surface area (Å²) in [5.74, 6) is -3.83. The summed E-state index contributed by atoms with van der Waals surface area (Å²) in [5, 5.41) is 8.11. The minimum absolute atomic E-state index is 0.00445. The molecule has 5 amide bonds. The molecule has 26 heteroatoms. The number of ether oxygens (including phenoxy) is 4. The average Bonchev–Trinajstić information content (AvgIpc) is 2.72. The molecule has 0 saturated carbocycles. The number of nitrogens with one attached hydrogen (secondary N) is 3. The summed E-state index contributed by atoms with van der Waals surface area (Å²) in [4.78, 5) is 124. The maximum atomic E-state index is 14.1. The third-order valence-corrected chi connectivity index (χ3v) is 12.6. The van der Waals surface area contributed by atoms with Gasteiger partial charge in [-0.15, -0.1) is 0 Å². The van der Waals surface area contributed by atoms with Crippen LogP contribution in [-0.2, 0) is 56.2 Å². The highest BCUT2D eigenvalue weighted by molar-refractivity contribution is 6.04. The SMILES string of the molecule is CCc1nc(C)oc1C(=O)Cc1nc2cc(C(N)=O)cc(OCCCNC(=O)[C@@H](CCC(=O)OC(C)(C)C)CC(=O)[C@@H](CN)NC(=O)OC(C)(C)C)c2n1C/C=C/Cn1c(NC(=O)c2oc(C)nc2CC)nc2cc(C(N)=O)cc(OC)c21. The molecule has 83 heavy (non-hydrogen) atoms. The number of esters is 1. The van der Waals surface area contributed by atoms with E-state index >= 15 is 0 Å². The molecule has 4 heterocycles. The van der Waals surface area contributed by atoms with Gasteiger partial charge in [0.05, 0.1) is 42.6 Å². The number of anilines is 1. The summed E-state index contributed by atoms with van der Waals surface area (Å²) in [5.41, 5.74) is 18.1. The zero-order valence-corrected chi connectivity index (χ0v) is 48.7. The van der Waals surface area contributed by atoms with Gasteiger partial charge in [-0.05, 0) is 91.5 Å². The molecule has 2 aromatic carbocycles. The second-order valence-corrected chi connectivity index (χ2v) is 21.5. The third kappa shape index (κ3) is 16.6. The number of ketones is 2. The van der Waals surface area contributed by atoms with E-state index in [4.69, 9.17) is 50.0 Å². The fourth-order valence-corrected chi connectivity index (χ4v) is 8.95. The first kappa shape index (κ1) is 63.2. The molecular formula is C57H74N12O14. The van der Waals surface area contributed by atoms with Gasteiger partial charge in [0.1, 0.15) is 45.6 Å². The van der Waals surface area contributed by atoms with Crippen LogP contribution in [0.25, 0.3) is 22.1 Å². The van der Waals surface area contributed by atoms with Gasteiger partial charge >= 0.3 is 12.1 Å². The predicted octanol–water partition coefficient (Wildman–Crippen LogP) is 5.68. The van der Waals surface area contributed by atoms with E-state index in [9.17, 15) is 38.4 Å². The Balaban J connectivity index is 1.29. The second kappa shape index (κ2) is 27.2. The topological polar surface area (TPSA) is 375 Å². The van der Waals surface area contributed by atoms with Crippen LogP contribution in [0.3, 0.4) is 0 Å². The monoisotopic (exact) mass is 1150 g/mol. The summed E-state index contributed by atoms with van der Waals surface area (Å²) in [7, 11) is 1.41. The van der Waals surface area contributed by atoms with E-state index in [1.807, 2.05) is 13.8 Å². The molecule has 0 aliphatic carbocycles. The summed E-state index contributed by atoms with van der Waals surface area (Å²) in [6, 6.07) is 4.69. The lowest BCUT2D eigenvalue weighted by molar-refractivity contribution is -0.155. The number of primary amides is 2. The zero-order chi connectivity index (χ0) is 61.1. The minimum Gasteiger partial charge on any atom is -0.494 e. The lowest BCUT2D eigenvalue weighted by atomic mass is 9.93. The summed E-state index contributed by atoms with van der Waals surface area (Å²) in [6.45, 7) is 16.9. The van der Waals surface area contributed by atoms with Crippen molar-refractivity contribution in [1.82, 2.24) is 39.7 Å². The van der Waals surface area contributed by atoms with Crippen molar-refractivity contribution in [1.29, 1.82) is 0 Å². The van der Waals surface area contributed by atoms with Crippen molar-refractivity contribution in [3.05, 3.63) is 88.1 Å². The van der Waals surface area contributed by atoms with Gasteiger partial charge in [-0.25, -0.2) is 24.7 Å².